The summed E-state index contributed by atoms with van der Waals surface area (Å²) >= 11 is 1.50. The second kappa shape index (κ2) is 8.89. The van der Waals surface area contributed by atoms with Crippen molar-refractivity contribution < 1.29 is 9.53 Å². The van der Waals surface area contributed by atoms with Gasteiger partial charge in [0.25, 0.3) is 0 Å². The van der Waals surface area contributed by atoms with Crippen LogP contribution in [0.1, 0.15) is 37.1 Å². The molecule has 1 aromatic heterocycles. The van der Waals surface area contributed by atoms with Crippen molar-refractivity contribution in [1.82, 2.24) is 19.7 Å². The van der Waals surface area contributed by atoms with E-state index >= 15 is 0 Å². The number of thioether (sulfide) groups is 1. The molecule has 0 saturated carbocycles. The average molecular weight is 387 g/mol. The summed E-state index contributed by atoms with van der Waals surface area (Å²) in [5.41, 5.74) is 1.21. The maximum absolute atomic E-state index is 12.4. The average Bonchev–Trinajstić information content (AvgIpc) is 3.45. The van der Waals surface area contributed by atoms with Crippen LogP contribution in [0.15, 0.2) is 35.5 Å². The quantitative estimate of drug-likeness (QED) is 0.685. The normalized spacial score (nSPS) is 19.7. The Balaban J connectivity index is 1.48. The summed E-state index contributed by atoms with van der Waals surface area (Å²) in [6.45, 7) is 3.37. The first-order valence-corrected chi connectivity index (χ1v) is 10.8. The number of aromatic nitrogens is 3. The number of hydrogen-bond donors (Lipinski definition) is 0. The molecule has 27 heavy (non-hydrogen) atoms. The van der Waals surface area contributed by atoms with Crippen LogP contribution in [0.25, 0.3) is 0 Å². The van der Waals surface area contributed by atoms with Gasteiger partial charge in [-0.1, -0.05) is 42.1 Å². The van der Waals surface area contributed by atoms with Gasteiger partial charge < -0.3 is 14.2 Å². The smallest absolute Gasteiger partial charge is 0.233 e. The summed E-state index contributed by atoms with van der Waals surface area (Å²) in [6.07, 6.45) is 5.36. The second-order valence-corrected chi connectivity index (χ2v) is 8.13. The van der Waals surface area contributed by atoms with E-state index in [0.29, 0.717) is 5.75 Å². The van der Waals surface area contributed by atoms with Crippen molar-refractivity contribution in [1.29, 1.82) is 0 Å². The summed E-state index contributed by atoms with van der Waals surface area (Å²) in [7, 11) is 0. The van der Waals surface area contributed by atoms with E-state index in [9.17, 15) is 4.79 Å². The lowest BCUT2D eigenvalue weighted by atomic mass is 10.1. The second-order valence-electron chi connectivity index (χ2n) is 7.18. The minimum Gasteiger partial charge on any atom is -0.376 e. The molecule has 2 aromatic rings. The van der Waals surface area contributed by atoms with Gasteiger partial charge in [-0.15, -0.1) is 10.2 Å². The van der Waals surface area contributed by atoms with Crippen molar-refractivity contribution in [2.75, 3.05) is 25.4 Å². The highest BCUT2D eigenvalue weighted by Gasteiger charge is 2.23. The maximum Gasteiger partial charge on any atom is 0.233 e. The van der Waals surface area contributed by atoms with Gasteiger partial charge in [-0.05, 0) is 31.2 Å². The fraction of sp³-hybridized carbons (Fsp3) is 0.550. The molecule has 0 spiro atoms. The topological polar surface area (TPSA) is 60.3 Å². The fourth-order valence-electron chi connectivity index (χ4n) is 3.69. The zero-order valence-corrected chi connectivity index (χ0v) is 16.4. The van der Waals surface area contributed by atoms with Crippen LogP contribution in [0.3, 0.4) is 0 Å². The molecule has 2 fully saturated rings. The van der Waals surface area contributed by atoms with Crippen LogP contribution in [0.4, 0.5) is 0 Å². The Morgan fingerprint density at radius 3 is 2.70 bits per heavy atom. The van der Waals surface area contributed by atoms with E-state index < -0.39 is 0 Å². The Bertz CT molecular complexity index is 753. The molecule has 144 valence electrons. The largest absolute Gasteiger partial charge is 0.376 e. The van der Waals surface area contributed by atoms with E-state index in [1.165, 1.54) is 17.3 Å². The highest BCUT2D eigenvalue weighted by Crippen LogP contribution is 2.23. The van der Waals surface area contributed by atoms with Crippen LogP contribution in [0, 0.1) is 0 Å². The number of carbonyl (C=O) groups excluding carboxylic acids is 1. The number of ether oxygens (including phenoxy) is 1. The molecule has 0 radical (unpaired) electrons. The first-order valence-electron chi connectivity index (χ1n) is 9.78. The predicted molar refractivity (Wildman–Crippen MR) is 105 cm³/mol. The third kappa shape index (κ3) is 4.71. The first kappa shape index (κ1) is 18.5. The van der Waals surface area contributed by atoms with E-state index in [0.717, 1.165) is 69.3 Å². The summed E-state index contributed by atoms with van der Waals surface area (Å²) < 4.78 is 7.99. The highest BCUT2D eigenvalue weighted by molar-refractivity contribution is 7.99. The van der Waals surface area contributed by atoms with Gasteiger partial charge in [0.1, 0.15) is 5.82 Å². The molecular formula is C20H26N4O2S. The molecule has 6 nitrogen and oxygen atoms in total. The van der Waals surface area contributed by atoms with Gasteiger partial charge in [0.2, 0.25) is 5.91 Å². The molecule has 1 unspecified atom stereocenters. The monoisotopic (exact) mass is 386 g/mol. The fourth-order valence-corrected chi connectivity index (χ4v) is 4.56. The van der Waals surface area contributed by atoms with Crippen molar-refractivity contribution in [3.63, 3.8) is 0 Å². The van der Waals surface area contributed by atoms with Crippen molar-refractivity contribution in [2.45, 2.75) is 49.9 Å². The number of likely N-dealkylation sites (tertiary alicyclic amines) is 1. The zero-order valence-electron chi connectivity index (χ0n) is 15.5. The van der Waals surface area contributed by atoms with E-state index in [2.05, 4.69) is 26.9 Å². The van der Waals surface area contributed by atoms with Crippen LogP contribution < -0.4 is 0 Å². The number of nitrogens with zero attached hydrogens (tertiary/aromatic N) is 4. The molecular weight excluding hydrogens is 360 g/mol. The lowest BCUT2D eigenvalue weighted by Gasteiger charge is -2.16. The summed E-state index contributed by atoms with van der Waals surface area (Å²) in [4.78, 5) is 14.4. The maximum atomic E-state index is 12.4. The minimum absolute atomic E-state index is 0.203. The highest BCUT2D eigenvalue weighted by atomic mass is 32.2. The van der Waals surface area contributed by atoms with Crippen LogP contribution in [-0.2, 0) is 22.5 Å². The molecule has 4 rings (SSSR count). The first-order chi connectivity index (χ1) is 13.3. The van der Waals surface area contributed by atoms with E-state index in [4.69, 9.17) is 4.74 Å². The third-order valence-electron chi connectivity index (χ3n) is 5.19. The molecule has 0 N–H and O–H groups in total. The molecule has 1 aromatic carbocycles. The summed E-state index contributed by atoms with van der Waals surface area (Å²) in [6, 6.07) is 10.3. The molecule has 1 atom stereocenters. The standard InChI is InChI=1S/C20H26N4O2S/c25-19(23-10-4-5-11-23)15-27-20-22-21-18(13-16-7-2-1-3-8-16)24(20)14-17-9-6-12-26-17/h1-3,7-8,17H,4-6,9-15H2. The van der Waals surface area contributed by atoms with Crippen molar-refractivity contribution >= 4 is 17.7 Å². The molecule has 2 aliphatic heterocycles. The number of carbonyl (C=O) groups is 1. The van der Waals surface area contributed by atoms with E-state index in [1.807, 2.05) is 23.1 Å². The predicted octanol–water partition coefficient (Wildman–Crippen LogP) is 2.76. The Morgan fingerprint density at radius 1 is 1.15 bits per heavy atom. The van der Waals surface area contributed by atoms with Crippen molar-refractivity contribution in [2.24, 2.45) is 0 Å². The number of amides is 1. The summed E-state index contributed by atoms with van der Waals surface area (Å²) in [5.74, 6) is 1.57. The molecule has 3 heterocycles. The Kier molecular flexibility index (Phi) is 6.09. The third-order valence-corrected chi connectivity index (χ3v) is 6.14. The van der Waals surface area contributed by atoms with Gasteiger partial charge in [-0.2, -0.15) is 0 Å². The molecule has 2 aliphatic rings. The Labute approximate surface area is 164 Å². The molecule has 1 amide bonds. The van der Waals surface area contributed by atoms with Gasteiger partial charge in [0.15, 0.2) is 5.16 Å². The molecule has 0 bridgehead atoms. The molecule has 7 heteroatoms. The molecule has 2 saturated heterocycles. The van der Waals surface area contributed by atoms with E-state index in [-0.39, 0.29) is 12.0 Å². The number of benzene rings is 1. The van der Waals surface area contributed by atoms with Crippen molar-refractivity contribution in [3.05, 3.63) is 41.7 Å². The lowest BCUT2D eigenvalue weighted by molar-refractivity contribution is -0.127. The Morgan fingerprint density at radius 2 is 1.96 bits per heavy atom. The van der Waals surface area contributed by atoms with Crippen LogP contribution >= 0.6 is 11.8 Å². The minimum atomic E-state index is 0.203. The van der Waals surface area contributed by atoms with Gasteiger partial charge in [-0.3, -0.25) is 4.79 Å². The lowest BCUT2D eigenvalue weighted by Crippen LogP contribution is -2.29. The number of rotatable bonds is 7. The van der Waals surface area contributed by atoms with Gasteiger partial charge in [-0.25, -0.2) is 0 Å². The van der Waals surface area contributed by atoms with Gasteiger partial charge in [0, 0.05) is 26.1 Å². The van der Waals surface area contributed by atoms with Crippen LogP contribution in [-0.4, -0.2) is 57.1 Å². The van der Waals surface area contributed by atoms with Crippen molar-refractivity contribution in [3.8, 4) is 0 Å². The summed E-state index contributed by atoms with van der Waals surface area (Å²) in [5, 5.41) is 9.67. The van der Waals surface area contributed by atoms with Crippen LogP contribution in [0.2, 0.25) is 0 Å². The molecule has 0 aliphatic carbocycles. The van der Waals surface area contributed by atoms with Gasteiger partial charge in [0.05, 0.1) is 18.4 Å². The number of hydrogen-bond acceptors (Lipinski definition) is 5. The van der Waals surface area contributed by atoms with E-state index in [1.54, 1.807) is 0 Å². The van der Waals surface area contributed by atoms with Crippen LogP contribution in [0.5, 0.6) is 0 Å². The Hall–Kier alpha value is -1.86. The SMILES string of the molecule is O=C(CSc1nnc(Cc2ccccc2)n1CC1CCCO1)N1CCCC1. The zero-order chi connectivity index (χ0) is 18.5. The van der Waals surface area contributed by atoms with Gasteiger partial charge >= 0.3 is 0 Å².